The van der Waals surface area contributed by atoms with Crippen LogP contribution in [0.25, 0.3) is 28.0 Å². The van der Waals surface area contributed by atoms with Crippen molar-refractivity contribution in [1.82, 2.24) is 34.2 Å². The topological polar surface area (TPSA) is 109 Å². The fraction of sp³-hybridized carbons (Fsp3) is 0.269. The van der Waals surface area contributed by atoms with Crippen LogP contribution in [0.15, 0.2) is 55.2 Å². The van der Waals surface area contributed by atoms with Crippen molar-refractivity contribution in [3.05, 3.63) is 77.6 Å². The van der Waals surface area contributed by atoms with Gasteiger partial charge in [-0.05, 0) is 30.2 Å². The molecule has 0 aliphatic carbocycles. The molecule has 0 saturated carbocycles. The lowest BCUT2D eigenvalue weighted by Gasteiger charge is -2.13. The molecule has 5 aromatic rings. The van der Waals surface area contributed by atoms with Crippen LogP contribution in [0.5, 0.6) is 0 Å². The van der Waals surface area contributed by atoms with Gasteiger partial charge < -0.3 is 5.73 Å². The predicted octanol–water partition coefficient (Wildman–Crippen LogP) is 3.75. The van der Waals surface area contributed by atoms with E-state index in [1.165, 1.54) is 6.20 Å². The van der Waals surface area contributed by atoms with Crippen LogP contribution in [0.2, 0.25) is 0 Å². The number of amides is 1. The largest absolute Gasteiger partial charge is 0.366 e. The first-order chi connectivity index (χ1) is 16.6. The van der Waals surface area contributed by atoms with Crippen LogP contribution in [0.3, 0.4) is 0 Å². The molecule has 9 nitrogen and oxygen atoms in total. The Morgan fingerprint density at radius 3 is 2.46 bits per heavy atom. The molecule has 1 amide bonds. The van der Waals surface area contributed by atoms with Gasteiger partial charge in [-0.25, -0.2) is 9.50 Å². The highest BCUT2D eigenvalue weighted by Gasteiger charge is 2.21. The summed E-state index contributed by atoms with van der Waals surface area (Å²) in [5, 5.41) is 13.4. The highest BCUT2D eigenvalue weighted by atomic mass is 16.1. The molecule has 0 fully saturated rings. The zero-order chi connectivity index (χ0) is 24.9. The number of hydrogen-bond acceptors (Lipinski definition) is 5. The Morgan fingerprint density at radius 1 is 1.03 bits per heavy atom. The molecular formula is C26H28N8O. The normalized spacial score (nSPS) is 11.9. The fourth-order valence-electron chi connectivity index (χ4n) is 4.04. The van der Waals surface area contributed by atoms with Gasteiger partial charge in [-0.1, -0.05) is 32.9 Å². The number of carbonyl (C=O) groups is 1. The zero-order valence-electron chi connectivity index (χ0n) is 20.5. The van der Waals surface area contributed by atoms with Gasteiger partial charge in [0.05, 0.1) is 53.3 Å². The third-order valence-corrected chi connectivity index (χ3v) is 6.09. The van der Waals surface area contributed by atoms with Gasteiger partial charge >= 0.3 is 0 Å². The summed E-state index contributed by atoms with van der Waals surface area (Å²) in [6.45, 7) is 9.07. The van der Waals surface area contributed by atoms with Gasteiger partial charge in [0.1, 0.15) is 0 Å². The van der Waals surface area contributed by atoms with Crippen molar-refractivity contribution in [1.29, 1.82) is 0 Å². The van der Waals surface area contributed by atoms with E-state index in [0.717, 1.165) is 44.9 Å². The molecule has 0 aliphatic heterocycles. The van der Waals surface area contributed by atoms with Crippen LogP contribution in [-0.2, 0) is 19.0 Å². The minimum atomic E-state index is -0.484. The second-order valence-electron chi connectivity index (χ2n) is 9.92. The summed E-state index contributed by atoms with van der Waals surface area (Å²) in [7, 11) is 1.89. The predicted molar refractivity (Wildman–Crippen MR) is 134 cm³/mol. The first-order valence-corrected chi connectivity index (χ1v) is 11.4. The van der Waals surface area contributed by atoms with Gasteiger partial charge in [-0.15, -0.1) is 0 Å². The van der Waals surface area contributed by atoms with E-state index in [-0.39, 0.29) is 5.41 Å². The van der Waals surface area contributed by atoms with Crippen molar-refractivity contribution >= 4 is 11.4 Å². The first kappa shape index (κ1) is 22.5. The van der Waals surface area contributed by atoms with Crippen LogP contribution in [0, 0.1) is 6.92 Å². The molecule has 5 rings (SSSR count). The number of nitrogens with zero attached hydrogens (tertiary/aromatic N) is 7. The molecule has 1 aromatic carbocycles. The number of aryl methyl sites for hydroxylation is 2. The van der Waals surface area contributed by atoms with Crippen LogP contribution >= 0.6 is 0 Å². The van der Waals surface area contributed by atoms with Gasteiger partial charge in [-0.3, -0.25) is 14.2 Å². The maximum Gasteiger partial charge on any atom is 0.251 e. The highest BCUT2D eigenvalue weighted by molar-refractivity contribution is 5.92. The minimum Gasteiger partial charge on any atom is -0.366 e. The van der Waals surface area contributed by atoms with E-state index in [1.54, 1.807) is 15.6 Å². The molecule has 0 spiro atoms. The third kappa shape index (κ3) is 4.32. The Labute approximate surface area is 203 Å². The van der Waals surface area contributed by atoms with E-state index in [0.29, 0.717) is 12.1 Å². The summed E-state index contributed by atoms with van der Waals surface area (Å²) in [6, 6.07) is 8.40. The summed E-state index contributed by atoms with van der Waals surface area (Å²) in [6.07, 6.45) is 8.87. The number of nitrogens with two attached hydrogens (primary N) is 1. The quantitative estimate of drug-likeness (QED) is 0.423. The van der Waals surface area contributed by atoms with Crippen LogP contribution in [-0.4, -0.2) is 40.1 Å². The number of benzene rings is 1. The van der Waals surface area contributed by atoms with Crippen LogP contribution in [0.4, 0.5) is 0 Å². The van der Waals surface area contributed by atoms with Crippen LogP contribution in [0.1, 0.15) is 48.0 Å². The Balaban J connectivity index is 1.59. The van der Waals surface area contributed by atoms with Crippen molar-refractivity contribution in [2.45, 2.75) is 39.7 Å². The molecule has 0 unspecified atom stereocenters. The van der Waals surface area contributed by atoms with E-state index in [2.05, 4.69) is 62.2 Å². The van der Waals surface area contributed by atoms with E-state index in [4.69, 9.17) is 15.8 Å². The van der Waals surface area contributed by atoms with Gasteiger partial charge in [0.15, 0.2) is 0 Å². The van der Waals surface area contributed by atoms with E-state index in [1.807, 2.05) is 30.2 Å². The average Bonchev–Trinajstić information content (AvgIpc) is 3.53. The summed E-state index contributed by atoms with van der Waals surface area (Å²) in [5.41, 5.74) is 13.4. The van der Waals surface area contributed by atoms with Crippen LogP contribution < -0.4 is 5.73 Å². The van der Waals surface area contributed by atoms with Crippen molar-refractivity contribution in [3.8, 4) is 22.5 Å². The van der Waals surface area contributed by atoms with Crippen molar-refractivity contribution in [3.63, 3.8) is 0 Å². The molecule has 4 aromatic heterocycles. The molecule has 0 aliphatic rings. The van der Waals surface area contributed by atoms with E-state index >= 15 is 0 Å². The lowest BCUT2D eigenvalue weighted by Crippen LogP contribution is -2.11. The maximum absolute atomic E-state index is 11.4. The zero-order valence-corrected chi connectivity index (χ0v) is 20.5. The molecule has 9 heteroatoms. The lowest BCUT2D eigenvalue weighted by molar-refractivity contribution is 0.1000. The number of carbonyl (C=O) groups excluding carboxylic acids is 1. The second-order valence-corrected chi connectivity index (χ2v) is 9.92. The second kappa shape index (κ2) is 8.19. The monoisotopic (exact) mass is 468 g/mol. The Morgan fingerprint density at radius 2 is 1.83 bits per heavy atom. The standard InChI is InChI=1S/C26H28N8O/c1-16-8-17(6-7-18(16)13-33-14-20(11-29-33)25(27)35)24-22-9-23(26(2,3)4)31-34(22)15-21(30-24)19-10-28-32(5)12-19/h6-12,14-15H,13H2,1-5H3,(H2,27,35). The van der Waals surface area contributed by atoms with Crippen molar-refractivity contribution in [2.24, 2.45) is 12.8 Å². The molecule has 0 atom stereocenters. The summed E-state index contributed by atoms with van der Waals surface area (Å²) < 4.78 is 5.40. The van der Waals surface area contributed by atoms with Gasteiger partial charge in [0, 0.05) is 36.0 Å². The van der Waals surface area contributed by atoms with Gasteiger partial charge in [0.25, 0.3) is 5.91 Å². The highest BCUT2D eigenvalue weighted by Crippen LogP contribution is 2.31. The Hall–Kier alpha value is -4.27. The first-order valence-electron chi connectivity index (χ1n) is 11.4. The Bertz CT molecular complexity index is 1560. The molecular weight excluding hydrogens is 440 g/mol. The summed E-state index contributed by atoms with van der Waals surface area (Å²) in [4.78, 5) is 16.4. The number of hydrogen-bond donors (Lipinski definition) is 1. The lowest BCUT2D eigenvalue weighted by atomic mass is 9.92. The molecule has 0 saturated heterocycles. The minimum absolute atomic E-state index is 0.0922. The number of rotatable bonds is 5. The molecule has 2 N–H and O–H groups in total. The molecule has 0 radical (unpaired) electrons. The summed E-state index contributed by atoms with van der Waals surface area (Å²) >= 11 is 0. The number of fused-ring (bicyclic) bond motifs is 1. The molecule has 35 heavy (non-hydrogen) atoms. The van der Waals surface area contributed by atoms with E-state index in [9.17, 15) is 4.79 Å². The maximum atomic E-state index is 11.4. The molecule has 178 valence electrons. The van der Waals surface area contributed by atoms with Crippen molar-refractivity contribution in [2.75, 3.05) is 0 Å². The van der Waals surface area contributed by atoms with Gasteiger partial charge in [-0.2, -0.15) is 15.3 Å². The third-order valence-electron chi connectivity index (χ3n) is 6.09. The summed E-state index contributed by atoms with van der Waals surface area (Å²) in [5.74, 6) is -0.484. The molecule has 4 heterocycles. The smallest absolute Gasteiger partial charge is 0.251 e. The SMILES string of the molecule is Cc1cc(-c2nc(-c3cnn(C)c3)cn3nc(C(C)(C)C)cc23)ccc1Cn1cc(C(N)=O)cn1. The van der Waals surface area contributed by atoms with Crippen molar-refractivity contribution < 1.29 is 4.79 Å². The van der Waals surface area contributed by atoms with Gasteiger partial charge in [0.2, 0.25) is 0 Å². The number of aromatic nitrogens is 7. The average molecular weight is 469 g/mol. The Kier molecular flexibility index (Phi) is 5.27. The fourth-order valence-corrected chi connectivity index (χ4v) is 4.04. The number of primary amides is 1. The molecule has 0 bridgehead atoms. The van der Waals surface area contributed by atoms with E-state index < -0.39 is 5.91 Å².